The van der Waals surface area contributed by atoms with Crippen molar-refractivity contribution < 1.29 is 0 Å². The summed E-state index contributed by atoms with van der Waals surface area (Å²) in [4.78, 5) is 4.83. The van der Waals surface area contributed by atoms with Crippen molar-refractivity contribution in [1.82, 2.24) is 9.55 Å². The summed E-state index contributed by atoms with van der Waals surface area (Å²) in [6, 6.07) is 18.8. The summed E-state index contributed by atoms with van der Waals surface area (Å²) in [5, 5.41) is 0. The number of nitrogens with zero attached hydrogens (tertiary/aromatic N) is 2. The highest BCUT2D eigenvalue weighted by Crippen LogP contribution is 2.27. The molecule has 1 saturated carbocycles. The van der Waals surface area contributed by atoms with E-state index in [0.717, 1.165) is 17.3 Å². The smallest absolute Gasteiger partial charge is 0.138 e. The molecule has 2 heteroatoms. The Morgan fingerprint density at radius 3 is 2.45 bits per heavy atom. The third-order valence-electron chi connectivity index (χ3n) is 4.52. The number of benzene rings is 2. The Bertz CT molecular complexity index is 793. The predicted molar refractivity (Wildman–Crippen MR) is 92.1 cm³/mol. The van der Waals surface area contributed by atoms with Gasteiger partial charge in [0.2, 0.25) is 0 Å². The summed E-state index contributed by atoms with van der Waals surface area (Å²) in [6.07, 6.45) is 9.94. The standard InChI is InChI=1S/C20H20N2/c1-2-10-17(11-3-1)22-19-13-7-6-12-18(19)21-20(22)15-14-16-8-4-5-9-16/h1-3,6-7,10-16H,4-5,8-9H2/b15-14+. The molecule has 1 aromatic heterocycles. The van der Waals surface area contributed by atoms with Gasteiger partial charge in [0.15, 0.2) is 0 Å². The minimum Gasteiger partial charge on any atom is -0.293 e. The number of hydrogen-bond acceptors (Lipinski definition) is 1. The average Bonchev–Trinajstić information content (AvgIpc) is 3.21. The van der Waals surface area contributed by atoms with Crippen LogP contribution in [0.2, 0.25) is 0 Å². The molecule has 0 atom stereocenters. The molecule has 0 saturated heterocycles. The Balaban J connectivity index is 1.83. The fourth-order valence-electron chi connectivity index (χ4n) is 3.38. The van der Waals surface area contributed by atoms with Crippen LogP contribution in [0.25, 0.3) is 22.8 Å². The van der Waals surface area contributed by atoms with Crippen molar-refractivity contribution >= 4 is 17.1 Å². The average molecular weight is 288 g/mol. The highest BCUT2D eigenvalue weighted by atomic mass is 15.1. The van der Waals surface area contributed by atoms with E-state index in [2.05, 4.69) is 71.3 Å². The summed E-state index contributed by atoms with van der Waals surface area (Å²) in [5.41, 5.74) is 3.39. The van der Waals surface area contributed by atoms with Gasteiger partial charge in [-0.2, -0.15) is 0 Å². The molecule has 0 unspecified atom stereocenters. The van der Waals surface area contributed by atoms with Gasteiger partial charge in [-0.15, -0.1) is 0 Å². The number of imidazole rings is 1. The van der Waals surface area contributed by atoms with Crippen LogP contribution in [0.5, 0.6) is 0 Å². The molecule has 0 bridgehead atoms. The van der Waals surface area contributed by atoms with Crippen molar-refractivity contribution in [2.45, 2.75) is 25.7 Å². The summed E-state index contributed by atoms with van der Waals surface area (Å²) in [6.45, 7) is 0. The molecule has 2 nitrogen and oxygen atoms in total. The first-order valence-corrected chi connectivity index (χ1v) is 8.13. The van der Waals surface area contributed by atoms with E-state index in [-0.39, 0.29) is 0 Å². The van der Waals surface area contributed by atoms with E-state index in [1.54, 1.807) is 0 Å². The lowest BCUT2D eigenvalue weighted by molar-refractivity contribution is 0.688. The highest BCUT2D eigenvalue weighted by Gasteiger charge is 2.13. The van der Waals surface area contributed by atoms with Gasteiger partial charge in [-0.25, -0.2) is 4.98 Å². The van der Waals surface area contributed by atoms with E-state index in [0.29, 0.717) is 0 Å². The van der Waals surface area contributed by atoms with E-state index >= 15 is 0 Å². The quantitative estimate of drug-likeness (QED) is 0.645. The second-order valence-corrected chi connectivity index (χ2v) is 6.03. The van der Waals surface area contributed by atoms with Crippen LogP contribution in [0.4, 0.5) is 0 Å². The Hall–Kier alpha value is -2.35. The Morgan fingerprint density at radius 2 is 1.64 bits per heavy atom. The van der Waals surface area contributed by atoms with Crippen LogP contribution < -0.4 is 0 Å². The van der Waals surface area contributed by atoms with Crippen molar-refractivity contribution in [3.05, 3.63) is 66.5 Å². The van der Waals surface area contributed by atoms with Gasteiger partial charge in [0.1, 0.15) is 5.82 Å². The molecule has 1 aliphatic rings. The number of allylic oxidation sites excluding steroid dienone is 1. The van der Waals surface area contributed by atoms with Crippen molar-refractivity contribution in [3.63, 3.8) is 0 Å². The third kappa shape index (κ3) is 2.45. The largest absolute Gasteiger partial charge is 0.293 e. The van der Waals surface area contributed by atoms with Crippen molar-refractivity contribution in [2.24, 2.45) is 5.92 Å². The molecule has 1 fully saturated rings. The van der Waals surface area contributed by atoms with Crippen LogP contribution in [-0.4, -0.2) is 9.55 Å². The molecule has 0 radical (unpaired) electrons. The van der Waals surface area contributed by atoms with Crippen LogP contribution in [0.15, 0.2) is 60.7 Å². The van der Waals surface area contributed by atoms with Gasteiger partial charge >= 0.3 is 0 Å². The van der Waals surface area contributed by atoms with Crippen LogP contribution in [0.1, 0.15) is 31.5 Å². The monoisotopic (exact) mass is 288 g/mol. The number of aromatic nitrogens is 2. The van der Waals surface area contributed by atoms with Gasteiger partial charge in [0, 0.05) is 5.69 Å². The second-order valence-electron chi connectivity index (χ2n) is 6.03. The normalized spacial score (nSPS) is 16.0. The molecule has 3 aromatic rings. The summed E-state index contributed by atoms with van der Waals surface area (Å²) >= 11 is 0. The zero-order chi connectivity index (χ0) is 14.8. The molecular formula is C20H20N2. The second kappa shape index (κ2) is 5.80. The van der Waals surface area contributed by atoms with Crippen molar-refractivity contribution in [2.75, 3.05) is 0 Å². The fourth-order valence-corrected chi connectivity index (χ4v) is 3.38. The van der Waals surface area contributed by atoms with Crippen molar-refractivity contribution in [3.8, 4) is 5.69 Å². The third-order valence-corrected chi connectivity index (χ3v) is 4.52. The Morgan fingerprint density at radius 1 is 0.909 bits per heavy atom. The maximum atomic E-state index is 4.83. The van der Waals surface area contributed by atoms with Gasteiger partial charge in [0.05, 0.1) is 11.0 Å². The first kappa shape index (κ1) is 13.3. The van der Waals surface area contributed by atoms with Gasteiger partial charge in [-0.05, 0) is 49.1 Å². The molecule has 0 N–H and O–H groups in total. The first-order valence-electron chi connectivity index (χ1n) is 8.13. The number of rotatable bonds is 3. The topological polar surface area (TPSA) is 17.8 Å². The molecule has 0 spiro atoms. The zero-order valence-electron chi connectivity index (χ0n) is 12.7. The van der Waals surface area contributed by atoms with E-state index in [4.69, 9.17) is 4.98 Å². The van der Waals surface area contributed by atoms with Crippen LogP contribution in [-0.2, 0) is 0 Å². The van der Waals surface area contributed by atoms with Gasteiger partial charge < -0.3 is 0 Å². The fraction of sp³-hybridized carbons (Fsp3) is 0.250. The molecule has 1 aliphatic carbocycles. The van der Waals surface area contributed by atoms with Gasteiger partial charge in [0.25, 0.3) is 0 Å². The molecule has 22 heavy (non-hydrogen) atoms. The lowest BCUT2D eigenvalue weighted by Crippen LogP contribution is -1.97. The maximum absolute atomic E-state index is 4.83. The summed E-state index contributed by atoms with van der Waals surface area (Å²) in [7, 11) is 0. The molecule has 1 heterocycles. The summed E-state index contributed by atoms with van der Waals surface area (Å²) in [5.74, 6) is 1.75. The van der Waals surface area contributed by atoms with E-state index in [9.17, 15) is 0 Å². The Kier molecular flexibility index (Phi) is 3.51. The molecule has 0 amide bonds. The van der Waals surface area contributed by atoms with E-state index in [1.807, 2.05) is 0 Å². The lowest BCUT2D eigenvalue weighted by atomic mass is 10.1. The Labute approximate surface area is 131 Å². The number of fused-ring (bicyclic) bond motifs is 1. The minimum absolute atomic E-state index is 0.726. The minimum atomic E-state index is 0.726. The van der Waals surface area contributed by atoms with Crippen LogP contribution in [0, 0.1) is 5.92 Å². The molecule has 110 valence electrons. The summed E-state index contributed by atoms with van der Waals surface area (Å²) < 4.78 is 2.25. The highest BCUT2D eigenvalue weighted by molar-refractivity contribution is 5.80. The zero-order valence-corrected chi connectivity index (χ0v) is 12.7. The van der Waals surface area contributed by atoms with E-state index in [1.165, 1.54) is 36.9 Å². The van der Waals surface area contributed by atoms with E-state index < -0.39 is 0 Å². The van der Waals surface area contributed by atoms with Crippen molar-refractivity contribution in [1.29, 1.82) is 0 Å². The molecule has 0 aliphatic heterocycles. The van der Waals surface area contributed by atoms with Crippen LogP contribution in [0.3, 0.4) is 0 Å². The lowest BCUT2D eigenvalue weighted by Gasteiger charge is -2.07. The van der Waals surface area contributed by atoms with Gasteiger partial charge in [-0.1, -0.05) is 49.2 Å². The van der Waals surface area contributed by atoms with Gasteiger partial charge in [-0.3, -0.25) is 4.57 Å². The number of hydrogen-bond donors (Lipinski definition) is 0. The molecule has 2 aromatic carbocycles. The molecular weight excluding hydrogens is 268 g/mol. The number of para-hydroxylation sites is 3. The molecule has 4 rings (SSSR count). The first-order chi connectivity index (χ1) is 10.9. The maximum Gasteiger partial charge on any atom is 0.138 e. The van der Waals surface area contributed by atoms with Crippen LogP contribution >= 0.6 is 0 Å². The SMILES string of the molecule is C(=C\C1CCCC1)/c1nc2ccccc2n1-c1ccccc1. The predicted octanol–water partition coefficient (Wildman–Crippen LogP) is 5.23.